The number of hydrogen-bond acceptors (Lipinski definition) is 7. The Morgan fingerprint density at radius 3 is 2.88 bits per heavy atom. The Kier molecular flexibility index (Phi) is 6.44. The van der Waals surface area contributed by atoms with Gasteiger partial charge in [-0.3, -0.25) is 5.10 Å². The van der Waals surface area contributed by atoms with Crippen molar-refractivity contribution in [1.29, 1.82) is 0 Å². The molecule has 1 aliphatic heterocycles. The van der Waals surface area contributed by atoms with Crippen molar-refractivity contribution in [3.05, 3.63) is 23.0 Å². The number of anilines is 3. The maximum Gasteiger partial charge on any atom is 0.410 e. The van der Waals surface area contributed by atoms with Crippen LogP contribution in [0.5, 0.6) is 0 Å². The quantitative estimate of drug-likeness (QED) is 0.647. The number of likely N-dealkylation sites (tertiary alicyclic amines) is 1. The number of aromatic amines is 1. The van der Waals surface area contributed by atoms with E-state index in [0.29, 0.717) is 28.6 Å². The molecule has 0 bridgehead atoms. The molecule has 1 saturated heterocycles. The highest BCUT2D eigenvalue weighted by Crippen LogP contribution is 2.47. The summed E-state index contributed by atoms with van der Waals surface area (Å²) < 4.78 is 5.63. The number of H-pyrrole nitrogens is 1. The van der Waals surface area contributed by atoms with E-state index in [4.69, 9.17) is 16.3 Å². The zero-order chi connectivity index (χ0) is 23.8. The third kappa shape index (κ3) is 5.51. The van der Waals surface area contributed by atoms with E-state index in [1.807, 2.05) is 45.7 Å². The van der Waals surface area contributed by atoms with E-state index < -0.39 is 5.60 Å². The molecule has 4 rings (SSSR count). The monoisotopic (exact) mass is 475 g/mol. The number of amides is 1. The first-order valence-corrected chi connectivity index (χ1v) is 11.9. The van der Waals surface area contributed by atoms with Gasteiger partial charge in [0.15, 0.2) is 11.6 Å². The molecule has 33 heavy (non-hydrogen) atoms. The second kappa shape index (κ2) is 9.00. The average molecular weight is 476 g/mol. The van der Waals surface area contributed by atoms with Crippen LogP contribution in [-0.4, -0.2) is 62.9 Å². The predicted molar refractivity (Wildman–Crippen MR) is 129 cm³/mol. The van der Waals surface area contributed by atoms with Gasteiger partial charge in [0.25, 0.3) is 0 Å². The molecule has 3 heterocycles. The van der Waals surface area contributed by atoms with Gasteiger partial charge >= 0.3 is 6.09 Å². The van der Waals surface area contributed by atoms with E-state index in [1.165, 1.54) is 0 Å². The lowest BCUT2D eigenvalue weighted by Crippen LogP contribution is -2.47. The molecule has 2 unspecified atom stereocenters. The molecule has 0 aromatic carbocycles. The molecule has 1 aliphatic carbocycles. The fraction of sp³-hybridized carbons (Fsp3) is 0.652. The summed E-state index contributed by atoms with van der Waals surface area (Å²) in [5.41, 5.74) is 0.588. The lowest BCUT2D eigenvalue weighted by atomic mass is 9.78. The van der Waals surface area contributed by atoms with Gasteiger partial charge in [-0.2, -0.15) is 10.1 Å². The van der Waals surface area contributed by atoms with Gasteiger partial charge in [-0.25, -0.2) is 9.78 Å². The molecule has 2 atom stereocenters. The van der Waals surface area contributed by atoms with Crippen LogP contribution >= 0.6 is 11.6 Å². The summed E-state index contributed by atoms with van der Waals surface area (Å²) in [5.74, 6) is 1.81. The number of halogens is 1. The van der Waals surface area contributed by atoms with Gasteiger partial charge in [0.2, 0.25) is 5.95 Å². The molecule has 9 nitrogen and oxygen atoms in total. The van der Waals surface area contributed by atoms with E-state index in [9.17, 15) is 4.79 Å². The Labute approximate surface area is 200 Å². The molecule has 1 amide bonds. The van der Waals surface area contributed by atoms with Crippen LogP contribution in [0, 0.1) is 12.3 Å². The average Bonchev–Trinajstić information content (AvgIpc) is 3.34. The van der Waals surface area contributed by atoms with Crippen LogP contribution in [0.3, 0.4) is 0 Å². The first-order valence-electron chi connectivity index (χ1n) is 11.6. The molecule has 2 fully saturated rings. The van der Waals surface area contributed by atoms with Gasteiger partial charge in [-0.1, -0.05) is 11.6 Å². The van der Waals surface area contributed by atoms with Gasteiger partial charge in [0.05, 0.1) is 6.20 Å². The van der Waals surface area contributed by atoms with E-state index in [0.717, 1.165) is 50.9 Å². The third-order valence-electron chi connectivity index (χ3n) is 6.54. The van der Waals surface area contributed by atoms with Crippen LogP contribution in [0.15, 0.2) is 12.3 Å². The minimum absolute atomic E-state index is 0.119. The number of carbonyl (C=O) groups is 1. The van der Waals surface area contributed by atoms with Crippen molar-refractivity contribution in [2.45, 2.75) is 71.4 Å². The minimum atomic E-state index is -0.480. The van der Waals surface area contributed by atoms with Crippen LogP contribution in [0.2, 0.25) is 5.02 Å². The normalized spacial score (nSPS) is 23.1. The Balaban J connectivity index is 1.43. The fourth-order valence-corrected chi connectivity index (χ4v) is 5.09. The van der Waals surface area contributed by atoms with E-state index in [-0.39, 0.29) is 11.5 Å². The highest BCUT2D eigenvalue weighted by Gasteiger charge is 2.45. The van der Waals surface area contributed by atoms with Crippen LogP contribution < -0.4 is 10.2 Å². The Morgan fingerprint density at radius 1 is 1.39 bits per heavy atom. The summed E-state index contributed by atoms with van der Waals surface area (Å²) in [4.78, 5) is 25.8. The van der Waals surface area contributed by atoms with Crippen LogP contribution in [-0.2, 0) is 4.74 Å². The zero-order valence-corrected chi connectivity index (χ0v) is 20.9. The Bertz CT molecular complexity index is 1000. The number of hydrogen-bond donors (Lipinski definition) is 2. The summed E-state index contributed by atoms with van der Waals surface area (Å²) in [6, 6.07) is 2.19. The number of carbonyl (C=O) groups excluding carboxylic acids is 1. The number of rotatable bonds is 4. The van der Waals surface area contributed by atoms with Gasteiger partial charge < -0.3 is 19.9 Å². The van der Waals surface area contributed by atoms with E-state index in [2.05, 4.69) is 30.4 Å². The number of aryl methyl sites for hydroxylation is 1. The summed E-state index contributed by atoms with van der Waals surface area (Å²) in [5, 5.41) is 10.7. The van der Waals surface area contributed by atoms with Gasteiger partial charge in [-0.15, -0.1) is 0 Å². The number of ether oxygens (including phenoxy) is 1. The molecule has 180 valence electrons. The minimum Gasteiger partial charge on any atom is -0.444 e. The molecular formula is C23H34ClN7O2. The molecule has 1 saturated carbocycles. The van der Waals surface area contributed by atoms with E-state index in [1.54, 1.807) is 6.20 Å². The first kappa shape index (κ1) is 23.6. The fourth-order valence-electron chi connectivity index (χ4n) is 4.95. The topological polar surface area (TPSA) is 99.3 Å². The van der Waals surface area contributed by atoms with Crippen molar-refractivity contribution in [3.8, 4) is 0 Å². The van der Waals surface area contributed by atoms with Crippen molar-refractivity contribution in [2.75, 3.05) is 30.4 Å². The summed E-state index contributed by atoms with van der Waals surface area (Å²) >= 11 is 6.33. The lowest BCUT2D eigenvalue weighted by molar-refractivity contribution is 0.00477. The molecule has 2 aliphatic rings. The van der Waals surface area contributed by atoms with Crippen molar-refractivity contribution in [2.24, 2.45) is 5.41 Å². The number of nitrogens with one attached hydrogen (secondary N) is 2. The molecule has 10 heteroatoms. The number of piperidine rings is 1. The van der Waals surface area contributed by atoms with Crippen LogP contribution in [0.4, 0.5) is 22.4 Å². The van der Waals surface area contributed by atoms with Gasteiger partial charge in [0.1, 0.15) is 10.6 Å². The first-order chi connectivity index (χ1) is 15.5. The summed E-state index contributed by atoms with van der Waals surface area (Å²) in [7, 11) is 2.03. The second-order valence-corrected chi connectivity index (χ2v) is 10.8. The zero-order valence-electron chi connectivity index (χ0n) is 20.1. The van der Waals surface area contributed by atoms with Gasteiger partial charge in [-0.05, 0) is 65.2 Å². The Hall–Kier alpha value is -2.55. The number of aromatic nitrogens is 4. The van der Waals surface area contributed by atoms with Crippen molar-refractivity contribution in [3.63, 3.8) is 0 Å². The van der Waals surface area contributed by atoms with Crippen molar-refractivity contribution < 1.29 is 9.53 Å². The predicted octanol–water partition coefficient (Wildman–Crippen LogP) is 4.91. The van der Waals surface area contributed by atoms with Gasteiger partial charge in [0, 0.05) is 37.9 Å². The third-order valence-corrected chi connectivity index (χ3v) is 6.81. The number of nitrogens with zero attached hydrogens (tertiary/aromatic N) is 5. The van der Waals surface area contributed by atoms with Crippen LogP contribution in [0.1, 0.15) is 58.6 Å². The molecule has 0 radical (unpaired) electrons. The molecule has 2 aromatic rings. The standard InChI is InChI=1S/C23H34ClN7O2/c1-15-11-18(29-28-15)26-19-17(24)13-25-20(27-19)30(5)16-7-9-23(12-16)8-6-10-31(14-23)21(32)33-22(2,3)4/h11,13,16H,6-10,12,14H2,1-5H3,(H2,25,26,27,28,29). The Morgan fingerprint density at radius 2 is 2.18 bits per heavy atom. The molecular weight excluding hydrogens is 442 g/mol. The second-order valence-electron chi connectivity index (χ2n) is 10.4. The van der Waals surface area contributed by atoms with Crippen molar-refractivity contribution >= 4 is 35.3 Å². The molecule has 1 spiro atoms. The molecule has 2 N–H and O–H groups in total. The van der Waals surface area contributed by atoms with Crippen LogP contribution in [0.25, 0.3) is 0 Å². The lowest BCUT2D eigenvalue weighted by Gasteiger charge is -2.41. The largest absolute Gasteiger partial charge is 0.444 e. The summed E-state index contributed by atoms with van der Waals surface area (Å²) in [6.45, 7) is 9.18. The highest BCUT2D eigenvalue weighted by atomic mass is 35.5. The van der Waals surface area contributed by atoms with E-state index >= 15 is 0 Å². The maximum atomic E-state index is 12.7. The summed E-state index contributed by atoms with van der Waals surface area (Å²) in [6.07, 6.45) is 6.66. The maximum absolute atomic E-state index is 12.7. The SMILES string of the molecule is Cc1cc(Nc2nc(N(C)C3CCC4(CCCN(C(=O)OC(C)(C)C)C4)C3)ncc2Cl)n[nH]1. The van der Waals surface area contributed by atoms with Crippen molar-refractivity contribution in [1.82, 2.24) is 25.1 Å². The smallest absolute Gasteiger partial charge is 0.410 e. The highest BCUT2D eigenvalue weighted by molar-refractivity contribution is 6.32. The molecule has 2 aromatic heterocycles.